The molecule has 0 aromatic carbocycles. The summed E-state index contributed by atoms with van der Waals surface area (Å²) in [5, 5.41) is 7.72. The van der Waals surface area contributed by atoms with Crippen LogP contribution in [0.2, 0.25) is 0 Å². The molecule has 2 rings (SSSR count). The second kappa shape index (κ2) is 4.47. The molecule has 5 heteroatoms. The summed E-state index contributed by atoms with van der Waals surface area (Å²) in [6.45, 7) is 5.19. The number of ether oxygens (including phenoxy) is 1. The molecule has 1 atom stereocenters. The Kier molecular flexibility index (Phi) is 3.03. The summed E-state index contributed by atoms with van der Waals surface area (Å²) in [7, 11) is 0. The molecule has 1 fully saturated rings. The van der Waals surface area contributed by atoms with Gasteiger partial charge in [-0.3, -0.25) is 4.90 Å². The molecular weight excluding hydrogens is 206 g/mol. The molecule has 0 spiro atoms. The van der Waals surface area contributed by atoms with E-state index >= 15 is 0 Å². The van der Waals surface area contributed by atoms with Gasteiger partial charge in [0.15, 0.2) is 0 Å². The Bertz CT molecular complexity index is 367. The highest BCUT2D eigenvalue weighted by atomic mass is 16.6. The van der Waals surface area contributed by atoms with Crippen LogP contribution in [0.15, 0.2) is 18.3 Å². The minimum atomic E-state index is -0.260. The predicted octanol–water partition coefficient (Wildman–Crippen LogP) is 1.45. The standard InChI is InChI=1S/C11H15N3O2/c1-8(2)10-7-14(11(15)16-10)6-9-4-3-5-12-13-9/h3-5,8,10H,6-7H2,1-2H3. The van der Waals surface area contributed by atoms with Crippen LogP contribution < -0.4 is 0 Å². The first-order valence-electron chi connectivity index (χ1n) is 5.39. The van der Waals surface area contributed by atoms with Crippen molar-refractivity contribution in [3.8, 4) is 0 Å². The van der Waals surface area contributed by atoms with E-state index in [4.69, 9.17) is 4.74 Å². The van der Waals surface area contributed by atoms with Gasteiger partial charge < -0.3 is 4.74 Å². The van der Waals surface area contributed by atoms with Gasteiger partial charge in [-0.1, -0.05) is 13.8 Å². The number of nitrogens with zero attached hydrogens (tertiary/aromatic N) is 3. The zero-order valence-electron chi connectivity index (χ0n) is 9.46. The smallest absolute Gasteiger partial charge is 0.410 e. The second-order valence-corrected chi connectivity index (χ2v) is 4.26. The highest BCUT2D eigenvalue weighted by Crippen LogP contribution is 2.19. The number of hydrogen-bond acceptors (Lipinski definition) is 4. The number of aromatic nitrogens is 2. The number of hydrogen-bond donors (Lipinski definition) is 0. The third kappa shape index (κ3) is 2.29. The summed E-state index contributed by atoms with van der Waals surface area (Å²) in [6.07, 6.45) is 1.34. The maximum absolute atomic E-state index is 11.5. The van der Waals surface area contributed by atoms with Crippen LogP contribution >= 0.6 is 0 Å². The van der Waals surface area contributed by atoms with Crippen molar-refractivity contribution in [1.29, 1.82) is 0 Å². The molecule has 1 unspecified atom stereocenters. The van der Waals surface area contributed by atoms with Crippen molar-refractivity contribution >= 4 is 6.09 Å². The van der Waals surface area contributed by atoms with E-state index in [0.717, 1.165) is 5.69 Å². The number of amides is 1. The average Bonchev–Trinajstić information content (AvgIpc) is 2.62. The van der Waals surface area contributed by atoms with Crippen molar-refractivity contribution in [2.24, 2.45) is 5.92 Å². The molecule has 0 bridgehead atoms. The second-order valence-electron chi connectivity index (χ2n) is 4.26. The number of cyclic esters (lactones) is 1. The molecule has 86 valence electrons. The Morgan fingerprint density at radius 2 is 2.44 bits per heavy atom. The lowest BCUT2D eigenvalue weighted by Gasteiger charge is -2.13. The maximum atomic E-state index is 11.5. The highest BCUT2D eigenvalue weighted by Gasteiger charge is 2.33. The lowest BCUT2D eigenvalue weighted by Crippen LogP contribution is -2.26. The Hall–Kier alpha value is -1.65. The Morgan fingerprint density at radius 3 is 3.00 bits per heavy atom. The molecule has 0 radical (unpaired) electrons. The first-order valence-corrected chi connectivity index (χ1v) is 5.39. The van der Waals surface area contributed by atoms with Gasteiger partial charge in [0.05, 0.1) is 18.8 Å². The monoisotopic (exact) mass is 221 g/mol. The van der Waals surface area contributed by atoms with Crippen LogP contribution in [0.4, 0.5) is 4.79 Å². The van der Waals surface area contributed by atoms with E-state index in [0.29, 0.717) is 19.0 Å². The van der Waals surface area contributed by atoms with Crippen LogP contribution in [0, 0.1) is 5.92 Å². The first kappa shape index (κ1) is 10.9. The topological polar surface area (TPSA) is 55.3 Å². The highest BCUT2D eigenvalue weighted by molar-refractivity contribution is 5.69. The van der Waals surface area contributed by atoms with Gasteiger partial charge in [-0.05, 0) is 18.1 Å². The minimum Gasteiger partial charge on any atom is -0.444 e. The summed E-state index contributed by atoms with van der Waals surface area (Å²) in [6, 6.07) is 3.66. The van der Waals surface area contributed by atoms with E-state index in [1.54, 1.807) is 11.1 Å². The summed E-state index contributed by atoms with van der Waals surface area (Å²) >= 11 is 0. The molecule has 1 amide bonds. The zero-order valence-corrected chi connectivity index (χ0v) is 9.46. The fraction of sp³-hybridized carbons (Fsp3) is 0.545. The van der Waals surface area contributed by atoms with Crippen molar-refractivity contribution in [3.63, 3.8) is 0 Å². The fourth-order valence-electron chi connectivity index (χ4n) is 1.62. The minimum absolute atomic E-state index is 0.0100. The molecule has 16 heavy (non-hydrogen) atoms. The molecule has 5 nitrogen and oxygen atoms in total. The van der Waals surface area contributed by atoms with Crippen molar-refractivity contribution in [2.45, 2.75) is 26.5 Å². The van der Waals surface area contributed by atoms with Crippen LogP contribution in [-0.4, -0.2) is 33.8 Å². The molecule has 0 saturated carbocycles. The maximum Gasteiger partial charge on any atom is 0.410 e. The quantitative estimate of drug-likeness (QED) is 0.775. The third-order valence-electron chi connectivity index (χ3n) is 2.63. The lowest BCUT2D eigenvalue weighted by molar-refractivity contribution is 0.111. The molecular formula is C11H15N3O2. The molecule has 1 aliphatic rings. The zero-order chi connectivity index (χ0) is 11.5. The van der Waals surface area contributed by atoms with Crippen molar-refractivity contribution < 1.29 is 9.53 Å². The van der Waals surface area contributed by atoms with Crippen LogP contribution in [0.25, 0.3) is 0 Å². The van der Waals surface area contributed by atoms with Gasteiger partial charge in [0, 0.05) is 6.20 Å². The van der Waals surface area contributed by atoms with E-state index < -0.39 is 0 Å². The van der Waals surface area contributed by atoms with Gasteiger partial charge in [-0.25, -0.2) is 4.79 Å². The molecule has 1 saturated heterocycles. The molecule has 1 aromatic heterocycles. The van der Waals surface area contributed by atoms with Crippen molar-refractivity contribution in [1.82, 2.24) is 15.1 Å². The van der Waals surface area contributed by atoms with E-state index in [1.165, 1.54) is 0 Å². The summed E-state index contributed by atoms with van der Waals surface area (Å²) in [5.41, 5.74) is 0.781. The molecule has 1 aromatic rings. The van der Waals surface area contributed by atoms with Gasteiger partial charge in [-0.2, -0.15) is 10.2 Å². The molecule has 0 aliphatic carbocycles. The third-order valence-corrected chi connectivity index (χ3v) is 2.63. The Morgan fingerprint density at radius 1 is 1.62 bits per heavy atom. The van der Waals surface area contributed by atoms with Crippen LogP contribution in [0.5, 0.6) is 0 Å². The van der Waals surface area contributed by atoms with E-state index in [9.17, 15) is 4.79 Å². The average molecular weight is 221 g/mol. The first-order chi connectivity index (χ1) is 7.66. The van der Waals surface area contributed by atoms with E-state index in [-0.39, 0.29) is 12.2 Å². The van der Waals surface area contributed by atoms with Gasteiger partial charge >= 0.3 is 6.09 Å². The number of carbonyl (C=O) groups is 1. The SMILES string of the molecule is CC(C)C1CN(Cc2cccnn2)C(=O)O1. The summed E-state index contributed by atoms with van der Waals surface area (Å²) in [5.74, 6) is 0.343. The van der Waals surface area contributed by atoms with Crippen LogP contribution in [0.1, 0.15) is 19.5 Å². The van der Waals surface area contributed by atoms with Crippen LogP contribution in [-0.2, 0) is 11.3 Å². The molecule has 0 N–H and O–H groups in total. The summed E-state index contributed by atoms with van der Waals surface area (Å²) < 4.78 is 5.25. The lowest BCUT2D eigenvalue weighted by atomic mass is 10.1. The van der Waals surface area contributed by atoms with Gasteiger partial charge in [-0.15, -0.1) is 0 Å². The van der Waals surface area contributed by atoms with Gasteiger partial charge in [0.2, 0.25) is 0 Å². The molecule has 1 aliphatic heterocycles. The Balaban J connectivity index is 1.99. The summed E-state index contributed by atoms with van der Waals surface area (Å²) in [4.78, 5) is 13.2. The van der Waals surface area contributed by atoms with Gasteiger partial charge in [0.25, 0.3) is 0 Å². The van der Waals surface area contributed by atoms with Crippen LogP contribution in [0.3, 0.4) is 0 Å². The number of rotatable bonds is 3. The Labute approximate surface area is 94.4 Å². The molecule has 2 heterocycles. The van der Waals surface area contributed by atoms with Crippen molar-refractivity contribution in [3.05, 3.63) is 24.0 Å². The largest absolute Gasteiger partial charge is 0.444 e. The van der Waals surface area contributed by atoms with E-state index in [1.807, 2.05) is 26.0 Å². The van der Waals surface area contributed by atoms with E-state index in [2.05, 4.69) is 10.2 Å². The predicted molar refractivity (Wildman–Crippen MR) is 57.5 cm³/mol. The fourth-order valence-corrected chi connectivity index (χ4v) is 1.62. The number of carbonyl (C=O) groups excluding carboxylic acids is 1. The van der Waals surface area contributed by atoms with Crippen molar-refractivity contribution in [2.75, 3.05) is 6.54 Å². The normalized spacial score (nSPS) is 20.3. The van der Waals surface area contributed by atoms with Gasteiger partial charge in [0.1, 0.15) is 6.10 Å².